The Hall–Kier alpha value is -2.53. The van der Waals surface area contributed by atoms with Crippen LogP contribution >= 0.6 is 18.9 Å². The third-order valence-corrected chi connectivity index (χ3v) is 7.24. The minimum atomic E-state index is -4.11. The first-order valence-electron chi connectivity index (χ1n) is 10.6. The molecule has 2 rings (SSSR count). The molecule has 11 nitrogen and oxygen atoms in total. The van der Waals surface area contributed by atoms with Crippen molar-refractivity contribution in [2.24, 2.45) is 5.41 Å². The van der Waals surface area contributed by atoms with Crippen molar-refractivity contribution >= 4 is 47.2 Å². The molecule has 0 bridgehead atoms. The molecule has 0 saturated carbocycles. The summed E-state index contributed by atoms with van der Waals surface area (Å²) in [4.78, 5) is 41.3. The van der Waals surface area contributed by atoms with Crippen LogP contribution < -0.4 is 16.3 Å². The van der Waals surface area contributed by atoms with Crippen molar-refractivity contribution in [2.45, 2.75) is 47.6 Å². The van der Waals surface area contributed by atoms with Gasteiger partial charge in [-0.25, -0.2) is 14.9 Å². The number of esters is 2. The van der Waals surface area contributed by atoms with E-state index >= 15 is 0 Å². The van der Waals surface area contributed by atoms with E-state index in [4.69, 9.17) is 24.1 Å². The number of nitrogens with one attached hydrogen (secondary N) is 1. The van der Waals surface area contributed by atoms with Gasteiger partial charge in [-0.15, -0.1) is 0 Å². The number of ether oxygens (including phenoxy) is 2. The van der Waals surface area contributed by atoms with E-state index in [0.29, 0.717) is 4.88 Å². The molecular weight excluding hydrogens is 485 g/mol. The quantitative estimate of drug-likeness (QED) is 0.257. The first-order valence-corrected chi connectivity index (χ1v) is 13.0. The molecule has 188 valence electrons. The van der Waals surface area contributed by atoms with Crippen molar-refractivity contribution < 1.29 is 37.4 Å². The summed E-state index contributed by atoms with van der Waals surface area (Å²) in [6, 6.07) is 1.77. The van der Waals surface area contributed by atoms with Crippen LogP contribution in [0.4, 0.5) is 5.13 Å². The van der Waals surface area contributed by atoms with Crippen LogP contribution in [0, 0.1) is 5.41 Å². The number of furan rings is 1. The summed E-state index contributed by atoms with van der Waals surface area (Å²) in [6.45, 7) is 9.57. The first kappa shape index (κ1) is 27.7. The Kier molecular flexibility index (Phi) is 9.18. The predicted octanol–water partition coefficient (Wildman–Crippen LogP) is 3.15. The van der Waals surface area contributed by atoms with Gasteiger partial charge in [0.15, 0.2) is 23.3 Å². The van der Waals surface area contributed by atoms with Crippen LogP contribution in [-0.2, 0) is 28.2 Å². The average molecular weight is 516 g/mol. The summed E-state index contributed by atoms with van der Waals surface area (Å²) in [5.41, 5.74) is 5.16. The number of thiazole rings is 1. The molecule has 1 unspecified atom stereocenters. The second kappa shape index (κ2) is 11.3. The Morgan fingerprint density at radius 1 is 1.21 bits per heavy atom. The van der Waals surface area contributed by atoms with Gasteiger partial charge in [-0.3, -0.25) is 14.2 Å². The van der Waals surface area contributed by atoms with Crippen molar-refractivity contribution in [3.63, 3.8) is 0 Å². The van der Waals surface area contributed by atoms with Gasteiger partial charge in [-0.1, -0.05) is 32.1 Å². The van der Waals surface area contributed by atoms with Crippen LogP contribution in [0.5, 0.6) is 0 Å². The number of nitrogens with two attached hydrogens (primary N) is 1. The summed E-state index contributed by atoms with van der Waals surface area (Å²) < 4.78 is 34.6. The van der Waals surface area contributed by atoms with E-state index in [1.807, 2.05) is 0 Å². The number of hydrogen-bond donors (Lipinski definition) is 2. The molecule has 0 spiro atoms. The molecule has 2 aromatic heterocycles. The monoisotopic (exact) mass is 515 g/mol. The number of nitrogen functional groups attached to an aromatic ring is 1. The largest absolute Gasteiger partial charge is 0.465 e. The van der Waals surface area contributed by atoms with Gasteiger partial charge in [0, 0.05) is 5.41 Å². The Morgan fingerprint density at radius 2 is 1.85 bits per heavy atom. The lowest BCUT2D eigenvalue weighted by molar-refractivity contribution is -0.145. The molecule has 2 heterocycles. The molecule has 0 fully saturated rings. The van der Waals surface area contributed by atoms with Gasteiger partial charge in [0.25, 0.3) is 0 Å². The fourth-order valence-corrected chi connectivity index (χ4v) is 5.41. The predicted molar refractivity (Wildman–Crippen MR) is 127 cm³/mol. The normalized spacial score (nSPS) is 14.3. The molecule has 0 aliphatic carbocycles. The lowest BCUT2D eigenvalue weighted by atomic mass is 9.89. The molecule has 0 saturated heterocycles. The van der Waals surface area contributed by atoms with Gasteiger partial charge >= 0.3 is 19.5 Å². The molecule has 3 N–H and O–H groups in total. The van der Waals surface area contributed by atoms with E-state index in [0.717, 1.165) is 11.3 Å². The zero-order valence-electron chi connectivity index (χ0n) is 20.0. The SMILES string of the molecule is CCOC(=O)COP(=O)(N[C@@H](C)C(=O)OCC)c1ccc(-c2nc(N)sc2C(=O)C(C)(C)C)o1. The van der Waals surface area contributed by atoms with Crippen molar-refractivity contribution in [1.82, 2.24) is 10.1 Å². The molecule has 13 heteroatoms. The molecule has 34 heavy (non-hydrogen) atoms. The summed E-state index contributed by atoms with van der Waals surface area (Å²) in [7, 11) is -4.11. The van der Waals surface area contributed by atoms with Crippen LogP contribution in [0.3, 0.4) is 0 Å². The van der Waals surface area contributed by atoms with E-state index in [-0.39, 0.29) is 41.1 Å². The highest BCUT2D eigenvalue weighted by atomic mass is 32.1. The molecule has 0 radical (unpaired) electrons. The molecule has 2 aromatic rings. The third-order valence-electron chi connectivity index (χ3n) is 4.32. The number of ketones is 1. The summed E-state index contributed by atoms with van der Waals surface area (Å²) in [5, 5.41) is 2.73. The van der Waals surface area contributed by atoms with Gasteiger partial charge < -0.3 is 24.1 Å². The Balaban J connectivity index is 2.44. The van der Waals surface area contributed by atoms with Crippen LogP contribution in [0.1, 0.15) is 51.2 Å². The third kappa shape index (κ3) is 6.75. The zero-order chi connectivity index (χ0) is 25.7. The molecule has 0 amide bonds. The minimum Gasteiger partial charge on any atom is -0.465 e. The topological polar surface area (TPSA) is 160 Å². The molecular formula is C21H30N3O8PS. The van der Waals surface area contributed by atoms with E-state index < -0.39 is 37.5 Å². The minimum absolute atomic E-state index is 0.111. The van der Waals surface area contributed by atoms with Crippen LogP contribution in [-0.4, -0.2) is 48.6 Å². The van der Waals surface area contributed by atoms with E-state index in [1.54, 1.807) is 34.6 Å². The summed E-state index contributed by atoms with van der Waals surface area (Å²) in [5.74, 6) is -1.48. The number of carbonyl (C=O) groups is 3. The highest BCUT2D eigenvalue weighted by Crippen LogP contribution is 2.44. The standard InChI is InChI=1S/C21H30N3O8PS/c1-7-29-14(25)11-31-33(28,24-12(3)19(27)30-8-2)15-10-9-13(32-15)16-17(34-20(22)23-16)18(26)21(4,5)6/h9-10,12H,7-8,11H2,1-6H3,(H2,22,23)(H,24,28)/t12-,33?/m0/s1. The van der Waals surface area contributed by atoms with Crippen LogP contribution in [0.2, 0.25) is 0 Å². The Morgan fingerprint density at radius 3 is 2.44 bits per heavy atom. The number of aromatic nitrogens is 1. The summed E-state index contributed by atoms with van der Waals surface area (Å²) >= 11 is 1.02. The van der Waals surface area contributed by atoms with Gasteiger partial charge in [0.1, 0.15) is 16.6 Å². The Bertz CT molecular complexity index is 1090. The number of nitrogens with zero attached hydrogens (tertiary/aromatic N) is 1. The van der Waals surface area contributed by atoms with Gasteiger partial charge in [-0.05, 0) is 32.9 Å². The smallest absolute Gasteiger partial charge is 0.335 e. The fraction of sp³-hybridized carbons (Fsp3) is 0.524. The van der Waals surface area contributed by atoms with Crippen LogP contribution in [0.25, 0.3) is 11.5 Å². The maximum atomic E-state index is 13.7. The van der Waals surface area contributed by atoms with Gasteiger partial charge in [-0.2, -0.15) is 0 Å². The van der Waals surface area contributed by atoms with Crippen molar-refractivity contribution in [1.29, 1.82) is 0 Å². The molecule has 2 atom stereocenters. The van der Waals surface area contributed by atoms with Crippen molar-refractivity contribution in [2.75, 3.05) is 25.6 Å². The molecule has 0 aromatic carbocycles. The second-order valence-corrected chi connectivity index (χ2v) is 11.3. The van der Waals surface area contributed by atoms with E-state index in [2.05, 4.69) is 10.1 Å². The number of rotatable bonds is 11. The van der Waals surface area contributed by atoms with Crippen molar-refractivity contribution in [3.8, 4) is 11.5 Å². The van der Waals surface area contributed by atoms with E-state index in [1.165, 1.54) is 19.1 Å². The number of anilines is 1. The Labute approximate surface area is 201 Å². The van der Waals surface area contributed by atoms with Crippen LogP contribution in [0.15, 0.2) is 16.5 Å². The van der Waals surface area contributed by atoms with Crippen molar-refractivity contribution in [3.05, 3.63) is 17.0 Å². The zero-order valence-corrected chi connectivity index (χ0v) is 21.7. The van der Waals surface area contributed by atoms with E-state index in [9.17, 15) is 18.9 Å². The first-order chi connectivity index (χ1) is 15.8. The number of carbonyl (C=O) groups excluding carboxylic acids is 3. The fourth-order valence-electron chi connectivity index (χ4n) is 2.70. The highest BCUT2D eigenvalue weighted by Gasteiger charge is 2.36. The lowest BCUT2D eigenvalue weighted by Crippen LogP contribution is -2.36. The maximum absolute atomic E-state index is 13.7. The van der Waals surface area contributed by atoms with Gasteiger partial charge in [0.2, 0.25) is 5.50 Å². The number of hydrogen-bond acceptors (Lipinski definition) is 11. The maximum Gasteiger partial charge on any atom is 0.335 e. The lowest BCUT2D eigenvalue weighted by Gasteiger charge is -2.20. The summed E-state index contributed by atoms with van der Waals surface area (Å²) in [6.07, 6.45) is 0. The van der Waals surface area contributed by atoms with Gasteiger partial charge in [0.05, 0.1) is 13.2 Å². The second-order valence-electron chi connectivity index (χ2n) is 8.18. The molecule has 0 aliphatic rings. The highest BCUT2D eigenvalue weighted by molar-refractivity contribution is 7.64. The average Bonchev–Trinajstić information content (AvgIpc) is 3.38. The molecule has 0 aliphatic heterocycles. The number of Topliss-reactive ketones (excluding diaryl/α,β-unsaturated/α-hetero) is 1.